The van der Waals surface area contributed by atoms with Crippen LogP contribution in [0.4, 0.5) is 11.6 Å². The zero-order chi connectivity index (χ0) is 25.8. The quantitative estimate of drug-likeness (QED) is 0.187. The summed E-state index contributed by atoms with van der Waals surface area (Å²) < 4.78 is 5.41. The molecule has 0 aliphatic carbocycles. The molecular weight excluding hydrogens is 533 g/mol. The third-order valence-electron chi connectivity index (χ3n) is 5.38. The van der Waals surface area contributed by atoms with Crippen LogP contribution < -0.4 is 10.1 Å². The van der Waals surface area contributed by atoms with Crippen LogP contribution in [-0.4, -0.2) is 38.3 Å². The number of hydrogen-bond donors (Lipinski definition) is 3. The summed E-state index contributed by atoms with van der Waals surface area (Å²) in [5.41, 5.74) is 4.08. The molecule has 0 bridgehead atoms. The van der Waals surface area contributed by atoms with Gasteiger partial charge in [0.05, 0.1) is 39.3 Å². The van der Waals surface area contributed by atoms with Crippen LogP contribution in [0, 0.1) is 0 Å². The van der Waals surface area contributed by atoms with Gasteiger partial charge in [-0.2, -0.15) is 0 Å². The molecule has 0 aliphatic rings. The lowest BCUT2D eigenvalue weighted by molar-refractivity contribution is 0.201. The minimum atomic E-state index is -0.0458. The normalized spacial score (nSPS) is 10.9. The fourth-order valence-corrected chi connectivity index (χ4v) is 4.50. The predicted octanol–water partition coefficient (Wildman–Crippen LogP) is 7.28. The average Bonchev–Trinajstić information content (AvgIpc) is 3.33. The van der Waals surface area contributed by atoms with Crippen LogP contribution in [0.1, 0.15) is 0 Å². The van der Waals surface area contributed by atoms with Gasteiger partial charge in [-0.1, -0.05) is 53.0 Å². The van der Waals surface area contributed by atoms with Crippen molar-refractivity contribution in [3.8, 4) is 39.8 Å². The Balaban J connectivity index is 1.54. The molecule has 0 aliphatic heterocycles. The fourth-order valence-electron chi connectivity index (χ4n) is 3.73. The molecule has 0 atom stereocenters. The number of nitrogens with one attached hydrogen (secondary N) is 2. The third-order valence-corrected chi connectivity index (χ3v) is 6.25. The summed E-state index contributed by atoms with van der Waals surface area (Å²) in [5, 5.41) is 13.6. The lowest BCUT2D eigenvalue weighted by Gasteiger charge is -2.09. The Kier molecular flexibility index (Phi) is 7.58. The van der Waals surface area contributed by atoms with Crippen molar-refractivity contribution in [3.05, 3.63) is 94.1 Å². The van der Waals surface area contributed by atoms with Crippen molar-refractivity contribution in [1.82, 2.24) is 19.9 Å². The summed E-state index contributed by atoms with van der Waals surface area (Å²) in [7, 11) is 0. The maximum absolute atomic E-state index is 8.92. The van der Waals surface area contributed by atoms with Crippen molar-refractivity contribution >= 4 is 46.4 Å². The fraction of sp³-hybridized carbons (Fsp3) is 0.0741. The number of H-pyrrole nitrogens is 1. The maximum atomic E-state index is 8.92. The standard InChI is InChI=1S/C27H20Cl3N5O2/c28-17-4-1-3-16(15-17)24-25(35-26(34-24)23-20(29)5-2-6-21(23)30)22-11-12-31-27(33-22)32-18-7-9-19(10-8-18)37-14-13-36/h1-12,15,36H,13-14H2,(H,34,35)(H,31,32,33). The average molecular weight is 553 g/mol. The minimum Gasteiger partial charge on any atom is -0.491 e. The second kappa shape index (κ2) is 11.2. The first-order chi connectivity index (χ1) is 18.0. The molecule has 10 heteroatoms. The molecule has 0 saturated heterocycles. The second-order valence-electron chi connectivity index (χ2n) is 7.90. The Morgan fingerprint density at radius 3 is 2.38 bits per heavy atom. The molecule has 5 rings (SSSR count). The molecule has 5 aromatic rings. The van der Waals surface area contributed by atoms with Crippen molar-refractivity contribution in [1.29, 1.82) is 0 Å². The van der Waals surface area contributed by atoms with Crippen LogP contribution in [0.3, 0.4) is 0 Å². The molecular formula is C27H20Cl3N5O2. The molecule has 2 heterocycles. The van der Waals surface area contributed by atoms with E-state index < -0.39 is 0 Å². The number of aromatic nitrogens is 4. The number of aliphatic hydroxyl groups is 1. The van der Waals surface area contributed by atoms with Crippen molar-refractivity contribution in [2.75, 3.05) is 18.5 Å². The molecule has 2 aromatic heterocycles. The summed E-state index contributed by atoms with van der Waals surface area (Å²) in [5.74, 6) is 1.56. The van der Waals surface area contributed by atoms with Crippen molar-refractivity contribution in [3.63, 3.8) is 0 Å². The molecule has 0 amide bonds. The highest BCUT2D eigenvalue weighted by Gasteiger charge is 2.20. The van der Waals surface area contributed by atoms with Gasteiger partial charge in [0.1, 0.15) is 18.2 Å². The van der Waals surface area contributed by atoms with Gasteiger partial charge in [0.15, 0.2) is 0 Å². The Morgan fingerprint density at radius 2 is 1.65 bits per heavy atom. The summed E-state index contributed by atoms with van der Waals surface area (Å²) in [6.45, 7) is 0.189. The molecule has 3 aromatic carbocycles. The molecule has 37 heavy (non-hydrogen) atoms. The number of nitrogens with zero attached hydrogens (tertiary/aromatic N) is 3. The first-order valence-corrected chi connectivity index (χ1v) is 12.4. The van der Waals surface area contributed by atoms with Crippen molar-refractivity contribution in [2.45, 2.75) is 0 Å². The molecule has 186 valence electrons. The van der Waals surface area contributed by atoms with Gasteiger partial charge in [-0.15, -0.1) is 0 Å². The number of benzene rings is 3. The number of rotatable bonds is 8. The van der Waals surface area contributed by atoms with E-state index in [1.807, 2.05) is 30.3 Å². The summed E-state index contributed by atoms with van der Waals surface area (Å²) >= 11 is 19.2. The van der Waals surface area contributed by atoms with E-state index in [1.54, 1.807) is 48.7 Å². The molecule has 7 nitrogen and oxygen atoms in total. The van der Waals surface area contributed by atoms with E-state index in [2.05, 4.69) is 15.3 Å². The second-order valence-corrected chi connectivity index (χ2v) is 9.15. The van der Waals surface area contributed by atoms with Gasteiger partial charge in [0.2, 0.25) is 5.95 Å². The number of ether oxygens (including phenoxy) is 1. The third kappa shape index (κ3) is 5.70. The summed E-state index contributed by atoms with van der Waals surface area (Å²) in [6.07, 6.45) is 1.66. The van der Waals surface area contributed by atoms with E-state index in [-0.39, 0.29) is 13.2 Å². The topological polar surface area (TPSA) is 96.0 Å². The van der Waals surface area contributed by atoms with E-state index in [0.717, 1.165) is 11.3 Å². The first-order valence-electron chi connectivity index (χ1n) is 11.3. The van der Waals surface area contributed by atoms with Gasteiger partial charge in [-0.05, 0) is 54.6 Å². The van der Waals surface area contributed by atoms with E-state index >= 15 is 0 Å². The molecule has 0 unspecified atom stereocenters. The van der Waals surface area contributed by atoms with E-state index in [1.165, 1.54) is 0 Å². The summed E-state index contributed by atoms with van der Waals surface area (Å²) in [6, 6.07) is 21.8. The van der Waals surface area contributed by atoms with Crippen LogP contribution in [0.15, 0.2) is 79.0 Å². The van der Waals surface area contributed by atoms with Crippen molar-refractivity contribution in [2.24, 2.45) is 0 Å². The Hall–Kier alpha value is -3.62. The van der Waals surface area contributed by atoms with Crippen LogP contribution in [0.25, 0.3) is 34.0 Å². The largest absolute Gasteiger partial charge is 0.491 e. The van der Waals surface area contributed by atoms with Crippen LogP contribution in [0.2, 0.25) is 15.1 Å². The molecule has 0 radical (unpaired) electrons. The number of aromatic amines is 1. The predicted molar refractivity (Wildman–Crippen MR) is 148 cm³/mol. The Morgan fingerprint density at radius 1 is 0.892 bits per heavy atom. The number of halogens is 3. The number of hydrogen-bond acceptors (Lipinski definition) is 6. The van der Waals surface area contributed by atoms with E-state index in [4.69, 9.17) is 54.6 Å². The first kappa shape index (κ1) is 25.0. The number of aliphatic hydroxyl groups excluding tert-OH is 1. The van der Waals surface area contributed by atoms with Crippen LogP contribution in [-0.2, 0) is 0 Å². The zero-order valence-electron chi connectivity index (χ0n) is 19.3. The van der Waals surface area contributed by atoms with Gasteiger partial charge < -0.3 is 20.1 Å². The van der Waals surface area contributed by atoms with Gasteiger partial charge in [0, 0.05) is 22.5 Å². The van der Waals surface area contributed by atoms with Gasteiger partial charge >= 0.3 is 0 Å². The Bertz CT molecular complexity index is 1520. The number of imidazole rings is 1. The molecule has 0 saturated carbocycles. The molecule has 0 spiro atoms. The smallest absolute Gasteiger partial charge is 0.227 e. The molecule has 3 N–H and O–H groups in total. The SMILES string of the molecule is OCCOc1ccc(Nc2nccc(-c3[nH]c(-c4c(Cl)cccc4Cl)nc3-c3cccc(Cl)c3)n2)cc1. The summed E-state index contributed by atoms with van der Waals surface area (Å²) in [4.78, 5) is 17.3. The lowest BCUT2D eigenvalue weighted by Crippen LogP contribution is -2.02. The van der Waals surface area contributed by atoms with Gasteiger partial charge in [0.25, 0.3) is 0 Å². The van der Waals surface area contributed by atoms with Crippen LogP contribution in [0.5, 0.6) is 5.75 Å². The highest BCUT2D eigenvalue weighted by molar-refractivity contribution is 6.39. The van der Waals surface area contributed by atoms with Gasteiger partial charge in [-0.25, -0.2) is 15.0 Å². The van der Waals surface area contributed by atoms with E-state index in [9.17, 15) is 0 Å². The Labute approximate surface area is 228 Å². The minimum absolute atomic E-state index is 0.0458. The zero-order valence-corrected chi connectivity index (χ0v) is 21.5. The lowest BCUT2D eigenvalue weighted by atomic mass is 10.1. The maximum Gasteiger partial charge on any atom is 0.227 e. The van der Waals surface area contributed by atoms with E-state index in [0.29, 0.717) is 55.2 Å². The molecule has 0 fully saturated rings. The van der Waals surface area contributed by atoms with Gasteiger partial charge in [-0.3, -0.25) is 0 Å². The highest BCUT2D eigenvalue weighted by Crippen LogP contribution is 2.38. The number of anilines is 2. The monoisotopic (exact) mass is 551 g/mol. The highest BCUT2D eigenvalue weighted by atomic mass is 35.5. The van der Waals surface area contributed by atoms with Crippen LogP contribution >= 0.6 is 34.8 Å². The van der Waals surface area contributed by atoms with Crippen molar-refractivity contribution < 1.29 is 9.84 Å².